The van der Waals surface area contributed by atoms with Gasteiger partial charge in [-0.3, -0.25) is 4.90 Å². The molecular formula is C18H21N5S. The second-order valence-electron chi connectivity index (χ2n) is 6.21. The minimum absolute atomic E-state index is 0.398. The fraction of sp³-hybridized carbons (Fsp3) is 0.389. The van der Waals surface area contributed by atoms with Gasteiger partial charge in [-0.2, -0.15) is 0 Å². The van der Waals surface area contributed by atoms with E-state index in [4.69, 9.17) is 0 Å². The van der Waals surface area contributed by atoms with Crippen LogP contribution in [0.15, 0.2) is 36.7 Å². The zero-order chi connectivity index (χ0) is 16.5. The van der Waals surface area contributed by atoms with Crippen molar-refractivity contribution in [3.05, 3.63) is 47.2 Å². The summed E-state index contributed by atoms with van der Waals surface area (Å²) in [5, 5.41) is 1.13. The van der Waals surface area contributed by atoms with E-state index in [1.807, 2.05) is 18.5 Å². The summed E-state index contributed by atoms with van der Waals surface area (Å²) < 4.78 is 1.27. The van der Waals surface area contributed by atoms with Gasteiger partial charge in [0.2, 0.25) is 5.95 Å². The Bertz CT molecular complexity index is 824. The van der Waals surface area contributed by atoms with Crippen molar-refractivity contribution in [2.24, 2.45) is 0 Å². The summed E-state index contributed by atoms with van der Waals surface area (Å²) in [5.74, 6) is 0.837. The second-order valence-corrected chi connectivity index (χ2v) is 7.44. The Kier molecular flexibility index (Phi) is 4.16. The fourth-order valence-corrected chi connectivity index (χ4v) is 4.10. The zero-order valence-electron chi connectivity index (χ0n) is 14.0. The van der Waals surface area contributed by atoms with Gasteiger partial charge in [0, 0.05) is 44.6 Å². The molecule has 124 valence electrons. The average Bonchev–Trinajstić information content (AvgIpc) is 3.01. The predicted octanol–water partition coefficient (Wildman–Crippen LogP) is 3.28. The molecule has 1 unspecified atom stereocenters. The van der Waals surface area contributed by atoms with Crippen LogP contribution in [0, 0.1) is 6.92 Å². The van der Waals surface area contributed by atoms with Crippen molar-refractivity contribution in [1.29, 1.82) is 0 Å². The highest BCUT2D eigenvalue weighted by atomic mass is 32.1. The molecule has 0 spiro atoms. The fourth-order valence-electron chi connectivity index (χ4n) is 3.29. The van der Waals surface area contributed by atoms with E-state index >= 15 is 0 Å². The van der Waals surface area contributed by atoms with Crippen molar-refractivity contribution in [3.8, 4) is 0 Å². The molecule has 0 saturated carbocycles. The Morgan fingerprint density at radius 2 is 1.83 bits per heavy atom. The molecule has 0 N–H and O–H groups in total. The SMILES string of the molecule is Cc1nc2cc(C(C)N3CCN(c4ncccn4)CC3)ccc2s1. The van der Waals surface area contributed by atoms with Gasteiger partial charge < -0.3 is 4.90 Å². The van der Waals surface area contributed by atoms with Crippen LogP contribution in [0.4, 0.5) is 5.95 Å². The van der Waals surface area contributed by atoms with E-state index in [2.05, 4.69) is 56.8 Å². The Hall–Kier alpha value is -2.05. The lowest BCUT2D eigenvalue weighted by molar-refractivity contribution is 0.198. The first-order valence-electron chi connectivity index (χ1n) is 8.34. The van der Waals surface area contributed by atoms with Crippen molar-refractivity contribution in [2.45, 2.75) is 19.9 Å². The number of anilines is 1. The first kappa shape index (κ1) is 15.5. The lowest BCUT2D eigenvalue weighted by Gasteiger charge is -2.38. The van der Waals surface area contributed by atoms with E-state index in [0.29, 0.717) is 6.04 Å². The van der Waals surface area contributed by atoms with Crippen LogP contribution in [0.1, 0.15) is 23.5 Å². The third-order valence-electron chi connectivity index (χ3n) is 4.70. The van der Waals surface area contributed by atoms with Crippen LogP contribution in [0.5, 0.6) is 0 Å². The summed E-state index contributed by atoms with van der Waals surface area (Å²) in [6.45, 7) is 8.33. The van der Waals surface area contributed by atoms with E-state index < -0.39 is 0 Å². The van der Waals surface area contributed by atoms with E-state index in [-0.39, 0.29) is 0 Å². The topological polar surface area (TPSA) is 45.2 Å². The molecule has 0 bridgehead atoms. The molecule has 0 radical (unpaired) electrons. The maximum atomic E-state index is 4.63. The number of nitrogens with zero attached hydrogens (tertiary/aromatic N) is 5. The number of rotatable bonds is 3. The van der Waals surface area contributed by atoms with Crippen molar-refractivity contribution >= 4 is 27.5 Å². The highest BCUT2D eigenvalue weighted by Crippen LogP contribution is 2.28. The molecule has 2 aromatic heterocycles. The van der Waals surface area contributed by atoms with E-state index in [9.17, 15) is 0 Å². The van der Waals surface area contributed by atoms with Crippen LogP contribution in [0.25, 0.3) is 10.2 Å². The van der Waals surface area contributed by atoms with Crippen molar-refractivity contribution in [2.75, 3.05) is 31.1 Å². The third kappa shape index (κ3) is 2.99. The molecule has 0 amide bonds. The van der Waals surface area contributed by atoms with E-state index in [1.165, 1.54) is 10.3 Å². The summed E-state index contributed by atoms with van der Waals surface area (Å²) in [6.07, 6.45) is 3.62. The Morgan fingerprint density at radius 3 is 2.58 bits per heavy atom. The number of hydrogen-bond donors (Lipinski definition) is 0. The van der Waals surface area contributed by atoms with Gasteiger partial charge in [-0.1, -0.05) is 6.07 Å². The van der Waals surface area contributed by atoms with Crippen LogP contribution in [0.2, 0.25) is 0 Å². The molecule has 1 fully saturated rings. The van der Waals surface area contributed by atoms with Gasteiger partial charge in [0.25, 0.3) is 0 Å². The summed E-state index contributed by atoms with van der Waals surface area (Å²) in [4.78, 5) is 18.1. The largest absolute Gasteiger partial charge is 0.338 e. The first-order chi connectivity index (χ1) is 11.7. The minimum atomic E-state index is 0.398. The summed E-state index contributed by atoms with van der Waals surface area (Å²) >= 11 is 1.76. The molecule has 1 aliphatic heterocycles. The standard InChI is InChI=1S/C18H21N5S/c1-13(15-4-5-17-16(12-15)21-14(2)24-17)22-8-10-23(11-9-22)18-19-6-3-7-20-18/h3-7,12-13H,8-11H2,1-2H3. The van der Waals surface area contributed by atoms with Crippen molar-refractivity contribution in [1.82, 2.24) is 19.9 Å². The van der Waals surface area contributed by atoms with E-state index in [1.54, 1.807) is 11.3 Å². The van der Waals surface area contributed by atoms with Gasteiger partial charge >= 0.3 is 0 Å². The highest BCUT2D eigenvalue weighted by Gasteiger charge is 2.23. The van der Waals surface area contributed by atoms with Gasteiger partial charge in [0.1, 0.15) is 0 Å². The zero-order valence-corrected chi connectivity index (χ0v) is 14.8. The maximum Gasteiger partial charge on any atom is 0.225 e. The van der Waals surface area contributed by atoms with Crippen LogP contribution in [0.3, 0.4) is 0 Å². The molecule has 4 rings (SSSR count). The molecule has 1 saturated heterocycles. The van der Waals surface area contributed by atoms with Gasteiger partial charge in [-0.05, 0) is 37.6 Å². The smallest absolute Gasteiger partial charge is 0.225 e. The van der Waals surface area contributed by atoms with Gasteiger partial charge in [0.15, 0.2) is 0 Å². The van der Waals surface area contributed by atoms with Crippen LogP contribution in [-0.2, 0) is 0 Å². The Balaban J connectivity index is 1.46. The molecular weight excluding hydrogens is 318 g/mol. The molecule has 3 heterocycles. The van der Waals surface area contributed by atoms with Crippen molar-refractivity contribution in [3.63, 3.8) is 0 Å². The molecule has 0 aliphatic carbocycles. The molecule has 1 aromatic carbocycles. The number of benzene rings is 1. The van der Waals surface area contributed by atoms with Crippen LogP contribution < -0.4 is 4.90 Å². The third-order valence-corrected chi connectivity index (χ3v) is 5.65. The molecule has 24 heavy (non-hydrogen) atoms. The monoisotopic (exact) mass is 339 g/mol. The summed E-state index contributed by atoms with van der Waals surface area (Å²) in [7, 11) is 0. The van der Waals surface area contributed by atoms with E-state index in [0.717, 1.165) is 42.7 Å². The molecule has 1 aliphatic rings. The quantitative estimate of drug-likeness (QED) is 0.733. The molecule has 6 heteroatoms. The highest BCUT2D eigenvalue weighted by molar-refractivity contribution is 7.18. The number of hydrogen-bond acceptors (Lipinski definition) is 6. The average molecular weight is 339 g/mol. The Labute approximate surface area is 146 Å². The minimum Gasteiger partial charge on any atom is -0.338 e. The number of piperazine rings is 1. The molecule has 5 nitrogen and oxygen atoms in total. The number of aromatic nitrogens is 3. The number of fused-ring (bicyclic) bond motifs is 1. The van der Waals surface area contributed by atoms with Crippen molar-refractivity contribution < 1.29 is 0 Å². The summed E-state index contributed by atoms with van der Waals surface area (Å²) in [5.41, 5.74) is 2.47. The summed E-state index contributed by atoms with van der Waals surface area (Å²) in [6, 6.07) is 8.96. The predicted molar refractivity (Wildman–Crippen MR) is 98.6 cm³/mol. The number of aryl methyl sites for hydroxylation is 1. The lowest BCUT2D eigenvalue weighted by Crippen LogP contribution is -2.47. The van der Waals surface area contributed by atoms with Crippen LogP contribution in [-0.4, -0.2) is 46.0 Å². The van der Waals surface area contributed by atoms with Gasteiger partial charge in [-0.15, -0.1) is 11.3 Å². The second kappa shape index (κ2) is 6.45. The van der Waals surface area contributed by atoms with Crippen LogP contribution >= 0.6 is 11.3 Å². The number of thiazole rings is 1. The first-order valence-corrected chi connectivity index (χ1v) is 9.15. The molecule has 3 aromatic rings. The van der Waals surface area contributed by atoms with Gasteiger partial charge in [0.05, 0.1) is 15.2 Å². The normalized spacial score (nSPS) is 17.3. The molecule has 1 atom stereocenters. The lowest BCUT2D eigenvalue weighted by atomic mass is 10.1. The maximum absolute atomic E-state index is 4.63. The Morgan fingerprint density at radius 1 is 1.08 bits per heavy atom. The van der Waals surface area contributed by atoms with Gasteiger partial charge in [-0.25, -0.2) is 15.0 Å².